The Kier molecular flexibility index (Phi) is 12.8. The Morgan fingerprint density at radius 1 is 0.944 bits per heavy atom. The lowest BCUT2D eigenvalue weighted by molar-refractivity contribution is -0.0912. The third-order valence-electron chi connectivity index (χ3n) is 9.38. The summed E-state index contributed by atoms with van der Waals surface area (Å²) in [7, 11) is 1.65. The summed E-state index contributed by atoms with van der Waals surface area (Å²) in [6.45, 7) is 8.71. The van der Waals surface area contributed by atoms with Gasteiger partial charge in [-0.25, -0.2) is 14.6 Å². The molecule has 3 heterocycles. The summed E-state index contributed by atoms with van der Waals surface area (Å²) < 4.78 is 42.4. The van der Waals surface area contributed by atoms with E-state index in [1.165, 1.54) is 6.33 Å². The Hall–Kier alpha value is -4.67. The monoisotopic (exact) mass is 754 g/mol. The fourth-order valence-corrected chi connectivity index (χ4v) is 8.66. The number of imidazole rings is 1. The van der Waals surface area contributed by atoms with Gasteiger partial charge in [0.1, 0.15) is 29.4 Å². The fraction of sp³-hybridized carbons (Fsp3) is 0.400. The first kappa shape index (κ1) is 39.0. The van der Waals surface area contributed by atoms with Crippen molar-refractivity contribution in [2.24, 2.45) is 0 Å². The van der Waals surface area contributed by atoms with Crippen LogP contribution in [0.2, 0.25) is 0 Å². The zero-order valence-electron chi connectivity index (χ0n) is 31.4. The number of aromatic nitrogens is 4. The van der Waals surface area contributed by atoms with Crippen LogP contribution in [0.5, 0.6) is 11.5 Å². The molecule has 1 fully saturated rings. The van der Waals surface area contributed by atoms with Crippen LogP contribution in [0.3, 0.4) is 0 Å². The molecule has 0 saturated carbocycles. The summed E-state index contributed by atoms with van der Waals surface area (Å²) in [6.07, 6.45) is 1.83. The average Bonchev–Trinajstić information content (AvgIpc) is 3.80. The highest BCUT2D eigenvalue weighted by Crippen LogP contribution is 2.51. The summed E-state index contributed by atoms with van der Waals surface area (Å²) in [6, 6.07) is 28.1. The van der Waals surface area contributed by atoms with Gasteiger partial charge in [0.15, 0.2) is 11.2 Å². The van der Waals surface area contributed by atoms with Crippen LogP contribution in [0.25, 0.3) is 11.2 Å². The van der Waals surface area contributed by atoms with Gasteiger partial charge >= 0.3 is 0 Å². The van der Waals surface area contributed by atoms with Gasteiger partial charge in [0.05, 0.1) is 58.7 Å². The van der Waals surface area contributed by atoms with Crippen LogP contribution in [0, 0.1) is 11.3 Å². The summed E-state index contributed by atoms with van der Waals surface area (Å²) in [5.41, 5.74) is 1.84. The van der Waals surface area contributed by atoms with Crippen LogP contribution in [-0.4, -0.2) is 75.9 Å². The molecule has 1 aliphatic heterocycles. The molecule has 1 N–H and O–H groups in total. The predicted octanol–water partition coefficient (Wildman–Crippen LogP) is 7.09. The van der Waals surface area contributed by atoms with Gasteiger partial charge in [-0.1, -0.05) is 54.6 Å². The first-order valence-electron chi connectivity index (χ1n) is 18.0. The Morgan fingerprint density at radius 2 is 1.56 bits per heavy atom. The van der Waals surface area contributed by atoms with Gasteiger partial charge in [-0.15, -0.1) is 0 Å². The van der Waals surface area contributed by atoms with E-state index in [4.69, 9.17) is 28.0 Å². The maximum atomic E-state index is 12.6. The highest BCUT2D eigenvalue weighted by molar-refractivity contribution is 7.44. The van der Waals surface area contributed by atoms with Gasteiger partial charge in [0.25, 0.3) is 14.1 Å². The second-order valence-corrected chi connectivity index (χ2v) is 14.8. The molecular weight excluding hydrogens is 707 g/mol. The SMILES string of the molecule is COc1ccc(C(OCC2OC(n3cnc4c(=O)[nH]cnc43)C[C@H]2OP(OCCC#N)N(C(C)C)C(C)C)(c2ccccc2)c2ccc(OC)cc2)cc1. The van der Waals surface area contributed by atoms with Crippen LogP contribution < -0.4 is 15.0 Å². The lowest BCUT2D eigenvalue weighted by Crippen LogP contribution is -2.39. The number of aromatic amines is 1. The zero-order valence-corrected chi connectivity index (χ0v) is 32.3. The van der Waals surface area contributed by atoms with Crippen LogP contribution in [0.1, 0.15) is 63.5 Å². The second kappa shape index (κ2) is 17.6. The zero-order chi connectivity index (χ0) is 38.2. The number of H-pyrrole nitrogens is 1. The number of nitrogens with zero attached hydrogens (tertiary/aromatic N) is 5. The molecule has 0 bridgehead atoms. The molecule has 1 saturated heterocycles. The summed E-state index contributed by atoms with van der Waals surface area (Å²) >= 11 is 0. The van der Waals surface area contributed by atoms with Crippen molar-refractivity contribution < 1.29 is 28.0 Å². The molecule has 14 heteroatoms. The smallest absolute Gasteiger partial charge is 0.278 e. The molecule has 1 aliphatic rings. The van der Waals surface area contributed by atoms with E-state index in [1.54, 1.807) is 25.1 Å². The third-order valence-corrected chi connectivity index (χ3v) is 11.5. The molecule has 0 amide bonds. The maximum absolute atomic E-state index is 12.6. The van der Waals surface area contributed by atoms with Crippen molar-refractivity contribution in [3.8, 4) is 17.6 Å². The number of hydrogen-bond acceptors (Lipinski definition) is 11. The predicted molar refractivity (Wildman–Crippen MR) is 205 cm³/mol. The number of hydrogen-bond donors (Lipinski definition) is 1. The first-order chi connectivity index (χ1) is 26.2. The van der Waals surface area contributed by atoms with Crippen LogP contribution in [-0.2, 0) is 24.1 Å². The van der Waals surface area contributed by atoms with Crippen molar-refractivity contribution in [2.45, 2.75) is 76.7 Å². The van der Waals surface area contributed by atoms with E-state index in [0.29, 0.717) is 12.1 Å². The molecule has 5 aromatic rings. The lowest BCUT2D eigenvalue weighted by Gasteiger charge is -2.39. The molecule has 13 nitrogen and oxygen atoms in total. The molecule has 3 unspecified atom stereocenters. The van der Waals surface area contributed by atoms with Gasteiger partial charge in [-0.3, -0.25) is 9.36 Å². The molecule has 54 heavy (non-hydrogen) atoms. The number of benzene rings is 3. The number of methoxy groups -OCH3 is 2. The number of fused-ring (bicyclic) bond motifs is 1. The van der Waals surface area contributed by atoms with Gasteiger partial charge in [-0.05, 0) is 68.7 Å². The van der Waals surface area contributed by atoms with Crippen LogP contribution >= 0.6 is 8.53 Å². The van der Waals surface area contributed by atoms with Crippen molar-refractivity contribution >= 4 is 19.7 Å². The highest BCUT2D eigenvalue weighted by Gasteiger charge is 2.45. The Bertz CT molecular complexity index is 1990. The van der Waals surface area contributed by atoms with E-state index in [1.807, 2.05) is 78.9 Å². The van der Waals surface area contributed by atoms with Gasteiger partial charge in [0, 0.05) is 18.5 Å². The van der Waals surface area contributed by atoms with E-state index in [2.05, 4.69) is 53.4 Å². The van der Waals surface area contributed by atoms with Gasteiger partial charge in [0.2, 0.25) is 0 Å². The van der Waals surface area contributed by atoms with Crippen LogP contribution in [0.15, 0.2) is 96.3 Å². The highest BCUT2D eigenvalue weighted by atomic mass is 31.2. The van der Waals surface area contributed by atoms with E-state index >= 15 is 0 Å². The molecule has 0 radical (unpaired) electrons. The quantitative estimate of drug-likeness (QED) is 0.0590. The average molecular weight is 755 g/mol. The fourth-order valence-electron chi connectivity index (χ4n) is 6.90. The van der Waals surface area contributed by atoms with Crippen molar-refractivity contribution in [2.75, 3.05) is 27.4 Å². The molecular formula is C40H47N6O7P. The third kappa shape index (κ3) is 8.20. The Morgan fingerprint density at radius 3 is 2.13 bits per heavy atom. The minimum Gasteiger partial charge on any atom is -0.497 e. The summed E-state index contributed by atoms with van der Waals surface area (Å²) in [4.78, 5) is 24.0. The molecule has 0 aliphatic carbocycles. The first-order valence-corrected chi connectivity index (χ1v) is 19.1. The minimum atomic E-state index is -1.63. The topological polar surface area (TPSA) is 146 Å². The number of rotatable bonds is 17. The van der Waals surface area contributed by atoms with Gasteiger partial charge in [-0.2, -0.15) is 5.26 Å². The minimum absolute atomic E-state index is 0.0930. The normalized spacial score (nSPS) is 18.0. The number of nitriles is 1. The molecule has 2 aromatic heterocycles. The lowest BCUT2D eigenvalue weighted by atomic mass is 9.80. The standard InChI is InChI=1S/C40H47N6O7P/c1-27(2)46(28(3)4)54(51-22-10-21-41)53-34-23-36(45-26-44-37-38(45)42-25-43-39(37)47)52-35(34)24-50-40(29-11-8-7-9-12-29,30-13-17-32(48-5)18-14-30)31-15-19-33(49-6)20-16-31/h7-9,11-20,25-28,34-36H,10,22-24H2,1-6H3,(H,42,43,47)/t34-,35?,36?,54?/m1/s1. The molecule has 0 spiro atoms. The second-order valence-electron chi connectivity index (χ2n) is 13.4. The number of nitrogens with one attached hydrogen (secondary N) is 1. The van der Waals surface area contributed by atoms with Crippen LogP contribution in [0.4, 0.5) is 0 Å². The van der Waals surface area contributed by atoms with Crippen molar-refractivity contribution in [3.05, 3.63) is 119 Å². The molecule has 3 aromatic carbocycles. The van der Waals surface area contributed by atoms with E-state index in [9.17, 15) is 10.1 Å². The van der Waals surface area contributed by atoms with Crippen molar-refractivity contribution in [1.29, 1.82) is 5.26 Å². The Balaban J connectivity index is 1.43. The molecule has 6 rings (SSSR count). The Labute approximate surface area is 316 Å². The molecule has 284 valence electrons. The van der Waals surface area contributed by atoms with E-state index in [0.717, 1.165) is 28.2 Å². The summed E-state index contributed by atoms with van der Waals surface area (Å²) in [5, 5.41) is 9.33. The largest absolute Gasteiger partial charge is 0.497 e. The van der Waals surface area contributed by atoms with E-state index < -0.39 is 32.6 Å². The van der Waals surface area contributed by atoms with Crippen molar-refractivity contribution in [3.63, 3.8) is 0 Å². The number of ether oxygens (including phenoxy) is 4. The summed E-state index contributed by atoms with van der Waals surface area (Å²) in [5.74, 6) is 1.44. The maximum Gasteiger partial charge on any atom is 0.278 e. The van der Waals surface area contributed by atoms with E-state index in [-0.39, 0.29) is 42.8 Å². The van der Waals surface area contributed by atoms with Gasteiger partial charge < -0.3 is 33.0 Å². The molecule has 4 atom stereocenters. The van der Waals surface area contributed by atoms with Crippen molar-refractivity contribution in [1.82, 2.24) is 24.2 Å².